The minimum atomic E-state index is -1.04. The van der Waals surface area contributed by atoms with E-state index in [0.717, 1.165) is 0 Å². The summed E-state index contributed by atoms with van der Waals surface area (Å²) in [6.07, 6.45) is -1.01. The Morgan fingerprint density at radius 1 is 1.22 bits per heavy atom. The van der Waals surface area contributed by atoms with Crippen LogP contribution in [-0.4, -0.2) is 28.6 Å². The van der Waals surface area contributed by atoms with Gasteiger partial charge in [-0.1, -0.05) is 6.07 Å². The third-order valence-electron chi connectivity index (χ3n) is 4.58. The summed E-state index contributed by atoms with van der Waals surface area (Å²) < 4.78 is 18.9. The molecule has 2 aromatic rings. The molecule has 4 N–H and O–H groups in total. The van der Waals surface area contributed by atoms with Crippen molar-refractivity contribution in [1.29, 1.82) is 0 Å². The number of ether oxygens (including phenoxy) is 1. The summed E-state index contributed by atoms with van der Waals surface area (Å²) in [7, 11) is 0. The van der Waals surface area contributed by atoms with Gasteiger partial charge in [0.2, 0.25) is 5.91 Å². The lowest BCUT2D eigenvalue weighted by molar-refractivity contribution is -0.117. The number of nitrogens with two attached hydrogens (primary N) is 1. The number of hydrogen-bond acceptors (Lipinski definition) is 4. The van der Waals surface area contributed by atoms with Crippen LogP contribution in [-0.2, 0) is 11.2 Å². The molecule has 2 aromatic carbocycles. The molecule has 0 fully saturated rings. The highest BCUT2D eigenvalue weighted by atomic mass is 19.1. The predicted octanol–water partition coefficient (Wildman–Crippen LogP) is 1.86. The summed E-state index contributed by atoms with van der Waals surface area (Å²) in [5, 5.41) is 13.6. The van der Waals surface area contributed by atoms with Gasteiger partial charge in [-0.3, -0.25) is 9.59 Å². The van der Waals surface area contributed by atoms with Crippen molar-refractivity contribution in [3.63, 3.8) is 0 Å². The van der Waals surface area contributed by atoms with E-state index in [-0.39, 0.29) is 12.0 Å². The van der Waals surface area contributed by atoms with Crippen molar-refractivity contribution in [2.75, 3.05) is 0 Å². The van der Waals surface area contributed by atoms with E-state index < -0.39 is 35.4 Å². The SMILES string of the molecule is CC1(C)Oc2ccc(CC(N)=O)cc2[C@@H](NC(=O)c2ccc(F)cc2)[C@@H]1O. The first kappa shape index (κ1) is 18.8. The molecule has 0 saturated heterocycles. The first-order valence-electron chi connectivity index (χ1n) is 8.52. The van der Waals surface area contributed by atoms with Crippen LogP contribution in [0.3, 0.4) is 0 Å². The topological polar surface area (TPSA) is 102 Å². The Labute approximate surface area is 156 Å². The van der Waals surface area contributed by atoms with Crippen molar-refractivity contribution in [3.05, 3.63) is 65.0 Å². The van der Waals surface area contributed by atoms with Crippen LogP contribution in [0, 0.1) is 5.82 Å². The van der Waals surface area contributed by atoms with E-state index in [2.05, 4.69) is 5.32 Å². The lowest BCUT2D eigenvalue weighted by Gasteiger charge is -2.42. The number of rotatable bonds is 4. The molecule has 0 bridgehead atoms. The third kappa shape index (κ3) is 3.93. The molecule has 1 heterocycles. The molecule has 0 spiro atoms. The van der Waals surface area contributed by atoms with Crippen molar-refractivity contribution in [2.45, 2.75) is 38.0 Å². The van der Waals surface area contributed by atoms with Crippen LogP contribution < -0.4 is 15.8 Å². The zero-order valence-corrected chi connectivity index (χ0v) is 15.0. The average Bonchev–Trinajstić information content (AvgIpc) is 2.59. The molecule has 27 heavy (non-hydrogen) atoms. The second-order valence-corrected chi connectivity index (χ2v) is 7.12. The van der Waals surface area contributed by atoms with E-state index in [1.165, 1.54) is 24.3 Å². The number of benzene rings is 2. The molecule has 0 aromatic heterocycles. The van der Waals surface area contributed by atoms with Gasteiger partial charge in [0, 0.05) is 11.1 Å². The summed E-state index contributed by atoms with van der Waals surface area (Å²) >= 11 is 0. The number of halogens is 1. The summed E-state index contributed by atoms with van der Waals surface area (Å²) in [4.78, 5) is 23.8. The van der Waals surface area contributed by atoms with Gasteiger partial charge in [-0.15, -0.1) is 0 Å². The lowest BCUT2D eigenvalue weighted by Crippen LogP contribution is -2.53. The maximum absolute atomic E-state index is 13.1. The van der Waals surface area contributed by atoms with Crippen LogP contribution in [0.2, 0.25) is 0 Å². The highest BCUT2D eigenvalue weighted by molar-refractivity contribution is 5.94. The first-order valence-corrected chi connectivity index (χ1v) is 8.52. The molecule has 1 aliphatic rings. The first-order chi connectivity index (χ1) is 12.7. The number of aliphatic hydroxyl groups excluding tert-OH is 1. The average molecular weight is 372 g/mol. The number of nitrogens with one attached hydrogen (secondary N) is 1. The largest absolute Gasteiger partial charge is 0.485 e. The molecule has 1 aliphatic heterocycles. The smallest absolute Gasteiger partial charge is 0.251 e. The van der Waals surface area contributed by atoms with Crippen molar-refractivity contribution in [3.8, 4) is 5.75 Å². The number of fused-ring (bicyclic) bond motifs is 1. The third-order valence-corrected chi connectivity index (χ3v) is 4.58. The maximum Gasteiger partial charge on any atom is 0.251 e. The van der Waals surface area contributed by atoms with Gasteiger partial charge in [-0.05, 0) is 55.8 Å². The fourth-order valence-corrected chi connectivity index (χ4v) is 3.14. The van der Waals surface area contributed by atoms with Gasteiger partial charge >= 0.3 is 0 Å². The molecular formula is C20H21FN2O4. The summed E-state index contributed by atoms with van der Waals surface area (Å²) in [6.45, 7) is 3.43. The summed E-state index contributed by atoms with van der Waals surface area (Å²) in [6, 6.07) is 9.45. The van der Waals surface area contributed by atoms with Gasteiger partial charge in [0.15, 0.2) is 0 Å². The number of amides is 2. The lowest BCUT2D eigenvalue weighted by atomic mass is 9.85. The van der Waals surface area contributed by atoms with Crippen LogP contribution in [0.15, 0.2) is 42.5 Å². The number of carbonyl (C=O) groups excluding carboxylic acids is 2. The van der Waals surface area contributed by atoms with Gasteiger partial charge < -0.3 is 20.9 Å². The highest BCUT2D eigenvalue weighted by Gasteiger charge is 2.43. The van der Waals surface area contributed by atoms with Gasteiger partial charge in [0.05, 0.1) is 12.5 Å². The molecule has 6 nitrogen and oxygen atoms in total. The number of hydrogen-bond donors (Lipinski definition) is 3. The quantitative estimate of drug-likeness (QED) is 0.762. The van der Waals surface area contributed by atoms with Crippen molar-refractivity contribution in [1.82, 2.24) is 5.32 Å². The highest BCUT2D eigenvalue weighted by Crippen LogP contribution is 2.40. The molecule has 3 rings (SSSR count). The molecule has 142 valence electrons. The second-order valence-electron chi connectivity index (χ2n) is 7.12. The van der Waals surface area contributed by atoms with Gasteiger partial charge in [-0.25, -0.2) is 4.39 Å². The Morgan fingerprint density at radius 2 is 1.89 bits per heavy atom. The Bertz CT molecular complexity index is 880. The molecule has 0 unspecified atom stereocenters. The second kappa shape index (κ2) is 7.00. The number of aliphatic hydroxyl groups is 1. The van der Waals surface area contributed by atoms with E-state index >= 15 is 0 Å². The van der Waals surface area contributed by atoms with E-state index in [4.69, 9.17) is 10.5 Å². The Balaban J connectivity index is 1.96. The van der Waals surface area contributed by atoms with Crippen LogP contribution in [0.5, 0.6) is 5.75 Å². The zero-order valence-electron chi connectivity index (χ0n) is 15.0. The van der Waals surface area contributed by atoms with Crippen LogP contribution in [0.25, 0.3) is 0 Å². The normalized spacial score (nSPS) is 20.3. The van der Waals surface area contributed by atoms with Crippen molar-refractivity contribution in [2.24, 2.45) is 5.73 Å². The molecule has 0 saturated carbocycles. The summed E-state index contributed by atoms with van der Waals surface area (Å²) in [5.74, 6) is -0.884. The van der Waals surface area contributed by atoms with Crippen LogP contribution >= 0.6 is 0 Å². The van der Waals surface area contributed by atoms with Gasteiger partial charge in [0.1, 0.15) is 23.3 Å². The summed E-state index contributed by atoms with van der Waals surface area (Å²) in [5.41, 5.74) is 5.78. The zero-order chi connectivity index (χ0) is 19.8. The van der Waals surface area contributed by atoms with Crippen LogP contribution in [0.4, 0.5) is 4.39 Å². The molecular weight excluding hydrogens is 351 g/mol. The fourth-order valence-electron chi connectivity index (χ4n) is 3.14. The molecule has 2 atom stereocenters. The fraction of sp³-hybridized carbons (Fsp3) is 0.300. The minimum absolute atomic E-state index is 0.0331. The monoisotopic (exact) mass is 372 g/mol. The number of primary amides is 1. The maximum atomic E-state index is 13.1. The van der Waals surface area contributed by atoms with E-state index in [1.807, 2.05) is 0 Å². The van der Waals surface area contributed by atoms with Crippen molar-refractivity contribution < 1.29 is 23.8 Å². The molecule has 2 amide bonds. The standard InChI is InChI=1S/C20H21FN2O4/c1-20(2)18(25)17(23-19(26)12-4-6-13(21)7-5-12)14-9-11(10-16(22)24)3-8-15(14)27-20/h3-9,17-18,25H,10H2,1-2H3,(H2,22,24)(H,23,26)/t17-,18+/m1/s1. The van der Waals surface area contributed by atoms with Crippen molar-refractivity contribution >= 4 is 11.8 Å². The van der Waals surface area contributed by atoms with Crippen LogP contribution in [0.1, 0.15) is 41.4 Å². The predicted molar refractivity (Wildman–Crippen MR) is 96.7 cm³/mol. The minimum Gasteiger partial charge on any atom is -0.485 e. The molecule has 0 aliphatic carbocycles. The Hall–Kier alpha value is -2.93. The van der Waals surface area contributed by atoms with Gasteiger partial charge in [0.25, 0.3) is 5.91 Å². The van der Waals surface area contributed by atoms with E-state index in [0.29, 0.717) is 16.9 Å². The Kier molecular flexibility index (Phi) is 4.89. The van der Waals surface area contributed by atoms with E-state index in [1.54, 1.807) is 32.0 Å². The Morgan fingerprint density at radius 3 is 2.52 bits per heavy atom. The molecule has 0 radical (unpaired) electrons. The number of carbonyl (C=O) groups is 2. The van der Waals surface area contributed by atoms with Gasteiger partial charge in [-0.2, -0.15) is 0 Å². The molecule has 7 heteroatoms. The van der Waals surface area contributed by atoms with E-state index in [9.17, 15) is 19.1 Å².